The Bertz CT molecular complexity index is 407. The molecule has 0 aliphatic heterocycles. The minimum Gasteiger partial charge on any atom is -0.490 e. The number of pyridine rings is 1. The minimum absolute atomic E-state index is 0.290. The number of nitrogens with zero attached hydrogens (tertiary/aromatic N) is 2. The van der Waals surface area contributed by atoms with Crippen LogP contribution in [0.4, 0.5) is 0 Å². The van der Waals surface area contributed by atoms with Gasteiger partial charge in [-0.3, -0.25) is 0 Å². The molecule has 1 aromatic heterocycles. The summed E-state index contributed by atoms with van der Waals surface area (Å²) in [5.41, 5.74) is 0.290. The van der Waals surface area contributed by atoms with Gasteiger partial charge in [-0.25, -0.2) is 4.98 Å². The number of hydrogen-bond donors (Lipinski definition) is 0. The Hall–Kier alpha value is -1.16. The summed E-state index contributed by atoms with van der Waals surface area (Å²) in [5.74, 6) is 0.490. The maximum Gasteiger partial charge on any atom is 0.182 e. The number of ether oxygens (including phenoxy) is 3. The third-order valence-corrected chi connectivity index (χ3v) is 2.48. The highest BCUT2D eigenvalue weighted by molar-refractivity contribution is 9.10. The van der Waals surface area contributed by atoms with Gasteiger partial charge in [-0.2, -0.15) is 5.26 Å². The Morgan fingerprint density at radius 2 is 2.17 bits per heavy atom. The average molecular weight is 315 g/mol. The molecule has 18 heavy (non-hydrogen) atoms. The van der Waals surface area contributed by atoms with Crippen molar-refractivity contribution in [1.82, 2.24) is 4.98 Å². The van der Waals surface area contributed by atoms with Crippen molar-refractivity contribution >= 4 is 15.9 Å². The van der Waals surface area contributed by atoms with Gasteiger partial charge in [0.1, 0.15) is 6.07 Å². The molecule has 0 fully saturated rings. The zero-order chi connectivity index (χ0) is 13.2. The summed E-state index contributed by atoms with van der Waals surface area (Å²) < 4.78 is 16.4. The molecule has 5 nitrogen and oxygen atoms in total. The number of nitriles is 1. The van der Waals surface area contributed by atoms with Gasteiger partial charge in [-0.05, 0) is 22.0 Å². The molecule has 0 spiro atoms. The van der Waals surface area contributed by atoms with E-state index in [1.165, 1.54) is 0 Å². The molecule has 0 bridgehead atoms. The lowest BCUT2D eigenvalue weighted by Crippen LogP contribution is -2.07. The lowest BCUT2D eigenvalue weighted by Gasteiger charge is -2.08. The van der Waals surface area contributed by atoms with Crippen LogP contribution in [0, 0.1) is 11.3 Å². The number of aromatic nitrogens is 1. The van der Waals surface area contributed by atoms with Crippen molar-refractivity contribution < 1.29 is 14.2 Å². The van der Waals surface area contributed by atoms with Crippen molar-refractivity contribution in [3.05, 3.63) is 22.4 Å². The molecule has 0 saturated carbocycles. The van der Waals surface area contributed by atoms with Crippen molar-refractivity contribution in [2.24, 2.45) is 0 Å². The fourth-order valence-electron chi connectivity index (χ4n) is 1.20. The summed E-state index contributed by atoms with van der Waals surface area (Å²) in [4.78, 5) is 3.96. The zero-order valence-corrected chi connectivity index (χ0v) is 11.8. The second kappa shape index (κ2) is 8.86. The van der Waals surface area contributed by atoms with E-state index >= 15 is 0 Å². The smallest absolute Gasteiger partial charge is 0.182 e. The summed E-state index contributed by atoms with van der Waals surface area (Å²) in [6, 6.07) is 3.72. The largest absolute Gasteiger partial charge is 0.490 e. The van der Waals surface area contributed by atoms with Gasteiger partial charge in [0.15, 0.2) is 11.4 Å². The van der Waals surface area contributed by atoms with E-state index in [9.17, 15) is 0 Å². The molecule has 0 aliphatic rings. The predicted molar refractivity (Wildman–Crippen MR) is 69.5 cm³/mol. The van der Waals surface area contributed by atoms with E-state index in [1.54, 1.807) is 19.4 Å². The molecule has 0 saturated heterocycles. The molecule has 0 aliphatic carbocycles. The fraction of sp³-hybridized carbons (Fsp3) is 0.500. The second-order valence-electron chi connectivity index (χ2n) is 3.42. The summed E-state index contributed by atoms with van der Waals surface area (Å²) in [6.07, 6.45) is 2.32. The van der Waals surface area contributed by atoms with Gasteiger partial charge in [0.05, 0.1) is 19.8 Å². The molecular weight excluding hydrogens is 300 g/mol. The van der Waals surface area contributed by atoms with Gasteiger partial charge in [0.2, 0.25) is 0 Å². The SMILES string of the molecule is COCCOCCCOc1cc(Br)cnc1C#N. The van der Waals surface area contributed by atoms with E-state index in [-0.39, 0.29) is 0 Å². The number of hydrogen-bond acceptors (Lipinski definition) is 5. The first kappa shape index (κ1) is 14.9. The molecule has 1 heterocycles. The number of methoxy groups -OCH3 is 1. The Labute approximate surface area is 115 Å². The molecule has 0 atom stereocenters. The number of halogens is 1. The number of rotatable bonds is 8. The van der Waals surface area contributed by atoms with Gasteiger partial charge < -0.3 is 14.2 Å². The monoisotopic (exact) mass is 314 g/mol. The molecule has 0 aromatic carbocycles. The Morgan fingerprint density at radius 1 is 1.33 bits per heavy atom. The van der Waals surface area contributed by atoms with E-state index in [1.807, 2.05) is 6.07 Å². The molecule has 98 valence electrons. The van der Waals surface area contributed by atoms with E-state index in [0.717, 1.165) is 10.9 Å². The first-order chi connectivity index (χ1) is 8.77. The fourth-order valence-corrected chi connectivity index (χ4v) is 1.51. The lowest BCUT2D eigenvalue weighted by atomic mass is 10.3. The highest BCUT2D eigenvalue weighted by Crippen LogP contribution is 2.20. The van der Waals surface area contributed by atoms with Crippen LogP contribution in [0.1, 0.15) is 12.1 Å². The van der Waals surface area contributed by atoms with Crippen LogP contribution in [-0.2, 0) is 9.47 Å². The first-order valence-corrected chi connectivity index (χ1v) is 6.32. The summed E-state index contributed by atoms with van der Waals surface area (Å²) in [7, 11) is 1.64. The van der Waals surface area contributed by atoms with Crippen LogP contribution in [0.3, 0.4) is 0 Å². The standard InChI is InChI=1S/C12H15BrN2O3/c1-16-5-6-17-3-2-4-18-12-7-10(13)9-15-11(12)8-14/h7,9H,2-6H2,1H3. The molecular formula is C12H15BrN2O3. The lowest BCUT2D eigenvalue weighted by molar-refractivity contribution is 0.0644. The van der Waals surface area contributed by atoms with Crippen molar-refractivity contribution in [2.45, 2.75) is 6.42 Å². The van der Waals surface area contributed by atoms with Gasteiger partial charge in [0, 0.05) is 30.8 Å². The first-order valence-electron chi connectivity index (χ1n) is 5.53. The van der Waals surface area contributed by atoms with Gasteiger partial charge in [-0.1, -0.05) is 0 Å². The normalized spacial score (nSPS) is 10.1. The maximum atomic E-state index is 8.86. The summed E-state index contributed by atoms with van der Waals surface area (Å²) >= 11 is 3.29. The quantitative estimate of drug-likeness (QED) is 0.688. The van der Waals surface area contributed by atoms with E-state index in [4.69, 9.17) is 19.5 Å². The Morgan fingerprint density at radius 3 is 2.89 bits per heavy atom. The molecule has 0 N–H and O–H groups in total. The van der Waals surface area contributed by atoms with E-state index in [2.05, 4.69) is 20.9 Å². The van der Waals surface area contributed by atoms with Gasteiger partial charge >= 0.3 is 0 Å². The van der Waals surface area contributed by atoms with Crippen LogP contribution < -0.4 is 4.74 Å². The Balaban J connectivity index is 2.27. The highest BCUT2D eigenvalue weighted by atomic mass is 79.9. The topological polar surface area (TPSA) is 64.4 Å². The molecule has 1 rings (SSSR count). The van der Waals surface area contributed by atoms with Gasteiger partial charge in [-0.15, -0.1) is 0 Å². The molecule has 0 radical (unpaired) electrons. The van der Waals surface area contributed by atoms with Crippen LogP contribution in [0.25, 0.3) is 0 Å². The van der Waals surface area contributed by atoms with Crippen molar-refractivity contribution in [1.29, 1.82) is 5.26 Å². The third-order valence-electron chi connectivity index (χ3n) is 2.05. The predicted octanol–water partition coefficient (Wildman–Crippen LogP) is 2.15. The maximum absolute atomic E-state index is 8.86. The third kappa shape index (κ3) is 5.45. The molecule has 1 aromatic rings. The molecule has 6 heteroatoms. The average Bonchev–Trinajstić information content (AvgIpc) is 2.38. The summed E-state index contributed by atoms with van der Waals surface area (Å²) in [6.45, 7) is 2.26. The van der Waals surface area contributed by atoms with Crippen molar-refractivity contribution in [2.75, 3.05) is 33.5 Å². The second-order valence-corrected chi connectivity index (χ2v) is 4.33. The van der Waals surface area contributed by atoms with Crippen molar-refractivity contribution in [3.8, 4) is 11.8 Å². The van der Waals surface area contributed by atoms with E-state index < -0.39 is 0 Å². The van der Waals surface area contributed by atoms with Crippen LogP contribution >= 0.6 is 15.9 Å². The summed E-state index contributed by atoms with van der Waals surface area (Å²) in [5, 5.41) is 8.86. The molecule has 0 unspecified atom stereocenters. The van der Waals surface area contributed by atoms with Crippen molar-refractivity contribution in [3.63, 3.8) is 0 Å². The van der Waals surface area contributed by atoms with E-state index in [0.29, 0.717) is 37.9 Å². The van der Waals surface area contributed by atoms with Crippen LogP contribution in [-0.4, -0.2) is 38.5 Å². The minimum atomic E-state index is 0.290. The highest BCUT2D eigenvalue weighted by Gasteiger charge is 2.05. The van der Waals surface area contributed by atoms with Crippen LogP contribution in [0.15, 0.2) is 16.7 Å². The van der Waals surface area contributed by atoms with Crippen LogP contribution in [0.2, 0.25) is 0 Å². The van der Waals surface area contributed by atoms with Crippen LogP contribution in [0.5, 0.6) is 5.75 Å². The molecule has 0 amide bonds. The Kier molecular flexibility index (Phi) is 7.34. The van der Waals surface area contributed by atoms with Gasteiger partial charge in [0.25, 0.3) is 0 Å². The zero-order valence-electron chi connectivity index (χ0n) is 10.2.